The van der Waals surface area contributed by atoms with Gasteiger partial charge in [-0.3, -0.25) is 4.98 Å². The van der Waals surface area contributed by atoms with Crippen molar-refractivity contribution in [2.75, 3.05) is 12.4 Å². The molecule has 0 fully saturated rings. The van der Waals surface area contributed by atoms with E-state index in [4.69, 9.17) is 9.26 Å². The maximum Gasteiger partial charge on any atom is 0.211 e. The molecule has 1 atom stereocenters. The van der Waals surface area contributed by atoms with Crippen LogP contribution in [0.15, 0.2) is 35.1 Å². The fraction of sp³-hybridized carbons (Fsp3) is 0.333. The van der Waals surface area contributed by atoms with Crippen molar-refractivity contribution in [3.63, 3.8) is 0 Å². The summed E-state index contributed by atoms with van der Waals surface area (Å²) >= 11 is 0. The summed E-state index contributed by atoms with van der Waals surface area (Å²) in [6.07, 6.45) is 3.50. The number of ether oxygens (including phenoxy) is 1. The van der Waals surface area contributed by atoms with Gasteiger partial charge in [0.05, 0.1) is 30.7 Å². The first-order valence-corrected chi connectivity index (χ1v) is 10.0. The second kappa shape index (κ2) is 6.46. The number of rotatable bonds is 4. The van der Waals surface area contributed by atoms with Crippen LogP contribution in [0.3, 0.4) is 0 Å². The van der Waals surface area contributed by atoms with Crippen LogP contribution in [0, 0.1) is 6.92 Å². The van der Waals surface area contributed by atoms with Crippen molar-refractivity contribution in [3.05, 3.63) is 47.4 Å². The van der Waals surface area contributed by atoms with Crippen molar-refractivity contribution in [3.8, 4) is 11.1 Å². The Bertz CT molecular complexity index is 1080. The molecule has 2 aromatic heterocycles. The Morgan fingerprint density at radius 2 is 2.15 bits per heavy atom. The molecule has 1 unspecified atom stereocenters. The van der Waals surface area contributed by atoms with Crippen LogP contribution >= 0.6 is 0 Å². The van der Waals surface area contributed by atoms with Gasteiger partial charge in [0, 0.05) is 23.3 Å². The highest BCUT2D eigenvalue weighted by atomic mass is 32.2. The van der Waals surface area contributed by atoms with Crippen LogP contribution in [0.4, 0.5) is 0 Å². The van der Waals surface area contributed by atoms with E-state index in [0.717, 1.165) is 38.9 Å². The predicted molar refractivity (Wildman–Crippen MR) is 97.0 cm³/mol. The first-order chi connectivity index (χ1) is 12.5. The van der Waals surface area contributed by atoms with E-state index >= 15 is 0 Å². The minimum atomic E-state index is -3.34. The Labute approximate surface area is 151 Å². The van der Waals surface area contributed by atoms with Gasteiger partial charge >= 0.3 is 0 Å². The molecule has 1 aliphatic rings. The molecule has 3 aromatic rings. The lowest BCUT2D eigenvalue weighted by Gasteiger charge is -2.27. The van der Waals surface area contributed by atoms with Crippen molar-refractivity contribution in [1.82, 2.24) is 14.9 Å². The van der Waals surface area contributed by atoms with Gasteiger partial charge in [0.2, 0.25) is 10.0 Å². The monoisotopic (exact) mass is 373 g/mol. The highest BCUT2D eigenvalue weighted by molar-refractivity contribution is 7.89. The molecule has 3 heterocycles. The Balaban J connectivity index is 1.80. The maximum absolute atomic E-state index is 12.0. The molecule has 0 radical (unpaired) electrons. The molecule has 1 aliphatic heterocycles. The number of hydrogen-bond donors (Lipinski definition) is 1. The number of pyridine rings is 1. The molecule has 0 spiro atoms. The molecule has 8 heteroatoms. The van der Waals surface area contributed by atoms with Gasteiger partial charge in [-0.25, -0.2) is 13.1 Å². The van der Waals surface area contributed by atoms with Gasteiger partial charge in [-0.2, -0.15) is 0 Å². The van der Waals surface area contributed by atoms with Crippen LogP contribution in [0.25, 0.3) is 22.1 Å². The van der Waals surface area contributed by atoms with E-state index in [1.165, 1.54) is 0 Å². The minimum Gasteiger partial charge on any atom is -0.375 e. The maximum atomic E-state index is 12.0. The Morgan fingerprint density at radius 3 is 2.96 bits per heavy atom. The van der Waals surface area contributed by atoms with Crippen LogP contribution in [0.5, 0.6) is 0 Å². The molecular formula is C18H19N3O4S. The standard InChI is InChI=1S/C18H19N3O4S/c1-3-26(22,23)21-17-10-24-9-16-14(7-19-8-15(16)17)12-4-5-18-13(6-12)11(2)20-25-18/h4-8,17,21H,3,9-10H2,1-2H3. The number of fused-ring (bicyclic) bond motifs is 2. The van der Waals surface area contributed by atoms with Crippen LogP contribution in [0.1, 0.15) is 29.8 Å². The summed E-state index contributed by atoms with van der Waals surface area (Å²) in [5.41, 5.74) is 5.25. The lowest BCUT2D eigenvalue weighted by atomic mass is 9.93. The molecule has 0 aliphatic carbocycles. The minimum absolute atomic E-state index is 0.0232. The number of nitrogens with one attached hydrogen (secondary N) is 1. The van der Waals surface area contributed by atoms with Crippen molar-refractivity contribution >= 4 is 21.0 Å². The number of aryl methyl sites for hydroxylation is 1. The Kier molecular flexibility index (Phi) is 4.26. The van der Waals surface area contributed by atoms with Crippen LogP contribution in [-0.2, 0) is 21.4 Å². The molecule has 0 bridgehead atoms. The van der Waals surface area contributed by atoms with Crippen molar-refractivity contribution < 1.29 is 17.7 Å². The largest absolute Gasteiger partial charge is 0.375 e. The Morgan fingerprint density at radius 1 is 1.31 bits per heavy atom. The highest BCUT2D eigenvalue weighted by Crippen LogP contribution is 2.34. The zero-order valence-electron chi connectivity index (χ0n) is 14.5. The van der Waals surface area contributed by atoms with Crippen molar-refractivity contribution in [1.29, 1.82) is 0 Å². The molecule has 0 saturated carbocycles. The van der Waals surface area contributed by atoms with Gasteiger partial charge in [0.1, 0.15) is 0 Å². The average Bonchev–Trinajstić information content (AvgIpc) is 3.02. The lowest BCUT2D eigenvalue weighted by Crippen LogP contribution is -2.35. The van der Waals surface area contributed by atoms with Gasteiger partial charge in [0.25, 0.3) is 0 Å². The summed E-state index contributed by atoms with van der Waals surface area (Å²) in [6, 6.07) is 5.41. The molecule has 1 N–H and O–H groups in total. The van der Waals surface area contributed by atoms with E-state index in [-0.39, 0.29) is 5.75 Å². The number of hydrogen-bond acceptors (Lipinski definition) is 6. The summed E-state index contributed by atoms with van der Waals surface area (Å²) < 4.78 is 37.6. The van der Waals surface area contributed by atoms with Crippen LogP contribution < -0.4 is 4.72 Å². The summed E-state index contributed by atoms with van der Waals surface area (Å²) in [7, 11) is -3.34. The molecular weight excluding hydrogens is 354 g/mol. The number of sulfonamides is 1. The summed E-state index contributed by atoms with van der Waals surface area (Å²) in [5.74, 6) is 0.0232. The van der Waals surface area contributed by atoms with Gasteiger partial charge in [0.15, 0.2) is 5.58 Å². The summed E-state index contributed by atoms with van der Waals surface area (Å²) in [5, 5.41) is 4.93. The lowest BCUT2D eigenvalue weighted by molar-refractivity contribution is 0.0884. The SMILES string of the molecule is CCS(=O)(=O)NC1COCc2c(-c3ccc4onc(C)c4c3)cncc21. The number of nitrogens with zero attached hydrogens (tertiary/aromatic N) is 2. The topological polar surface area (TPSA) is 94.3 Å². The third-order valence-corrected chi connectivity index (χ3v) is 6.06. The van der Waals surface area contributed by atoms with E-state index in [9.17, 15) is 8.42 Å². The Hall–Kier alpha value is -2.29. The van der Waals surface area contributed by atoms with Gasteiger partial charge in [-0.1, -0.05) is 11.2 Å². The zero-order chi connectivity index (χ0) is 18.3. The highest BCUT2D eigenvalue weighted by Gasteiger charge is 2.27. The van der Waals surface area contributed by atoms with Gasteiger partial charge in [-0.05, 0) is 42.7 Å². The fourth-order valence-corrected chi connectivity index (χ4v) is 4.00. The van der Waals surface area contributed by atoms with E-state index in [1.807, 2.05) is 25.1 Å². The smallest absolute Gasteiger partial charge is 0.211 e. The third kappa shape index (κ3) is 3.00. The number of benzene rings is 1. The predicted octanol–water partition coefficient (Wildman–Crippen LogP) is 2.71. The first kappa shape index (κ1) is 17.1. The molecule has 4 rings (SSSR count). The molecule has 0 saturated heterocycles. The van der Waals surface area contributed by atoms with Gasteiger partial charge in [-0.15, -0.1) is 0 Å². The number of aromatic nitrogens is 2. The zero-order valence-corrected chi connectivity index (χ0v) is 15.3. The van der Waals surface area contributed by atoms with Crippen molar-refractivity contribution in [2.45, 2.75) is 26.5 Å². The van der Waals surface area contributed by atoms with Crippen LogP contribution in [-0.4, -0.2) is 30.9 Å². The third-order valence-electron chi connectivity index (χ3n) is 4.66. The normalized spacial score (nSPS) is 17.4. The molecule has 7 nitrogen and oxygen atoms in total. The average molecular weight is 373 g/mol. The fourth-order valence-electron chi connectivity index (χ4n) is 3.21. The first-order valence-electron chi connectivity index (χ1n) is 8.39. The summed E-state index contributed by atoms with van der Waals surface area (Å²) in [4.78, 5) is 4.34. The molecule has 1 aromatic carbocycles. The summed E-state index contributed by atoms with van der Waals surface area (Å²) in [6.45, 7) is 4.21. The van der Waals surface area contributed by atoms with Gasteiger partial charge < -0.3 is 9.26 Å². The second-order valence-electron chi connectivity index (χ2n) is 6.32. The van der Waals surface area contributed by atoms with Crippen molar-refractivity contribution in [2.24, 2.45) is 0 Å². The molecule has 136 valence electrons. The van der Waals surface area contributed by atoms with E-state index in [1.54, 1.807) is 19.3 Å². The van der Waals surface area contributed by atoms with E-state index < -0.39 is 16.1 Å². The van der Waals surface area contributed by atoms with E-state index in [0.29, 0.717) is 13.2 Å². The van der Waals surface area contributed by atoms with E-state index in [2.05, 4.69) is 14.9 Å². The van der Waals surface area contributed by atoms with Crippen LogP contribution in [0.2, 0.25) is 0 Å². The quantitative estimate of drug-likeness (QED) is 0.756. The molecule has 0 amide bonds. The molecule has 26 heavy (non-hydrogen) atoms. The second-order valence-corrected chi connectivity index (χ2v) is 8.37.